The van der Waals surface area contributed by atoms with Gasteiger partial charge in [0.1, 0.15) is 5.82 Å². The van der Waals surface area contributed by atoms with E-state index in [9.17, 15) is 22.4 Å². The number of nitrogens with one attached hydrogen (secondary N) is 1. The van der Waals surface area contributed by atoms with E-state index in [4.69, 9.17) is 23.2 Å². The molecular weight excluding hydrogens is 557 g/mol. The van der Waals surface area contributed by atoms with Crippen molar-refractivity contribution in [2.75, 3.05) is 66.5 Å². The highest BCUT2D eigenvalue weighted by molar-refractivity contribution is 6.42. The number of piperazine rings is 1. The first-order valence-electron chi connectivity index (χ1n) is 12.9. The minimum Gasteiger partial charge on any atom is -0.322 e. The van der Waals surface area contributed by atoms with Gasteiger partial charge < -0.3 is 15.1 Å². The van der Waals surface area contributed by atoms with Crippen molar-refractivity contribution in [3.63, 3.8) is 0 Å². The Hall–Kier alpha value is -2.11. The minimum atomic E-state index is -4.75. The largest absolute Gasteiger partial charge is 0.419 e. The van der Waals surface area contributed by atoms with E-state index in [2.05, 4.69) is 10.2 Å². The quantitative estimate of drug-likeness (QED) is 0.461. The van der Waals surface area contributed by atoms with Crippen LogP contribution >= 0.6 is 23.2 Å². The molecule has 0 spiro atoms. The molecule has 2 aliphatic heterocycles. The number of likely N-dealkylation sites (N-methyl/N-ethyl adjacent to an activating group) is 2. The summed E-state index contributed by atoms with van der Waals surface area (Å²) in [7, 11) is 3.75. The Morgan fingerprint density at radius 2 is 1.74 bits per heavy atom. The molecule has 214 valence electrons. The Morgan fingerprint density at radius 3 is 2.36 bits per heavy atom. The number of carbonyl (C=O) groups excluding carboxylic acids is 1. The number of nitrogens with zero attached hydrogens (tertiary/aromatic N) is 4. The number of benzene rings is 2. The molecule has 2 atom stereocenters. The van der Waals surface area contributed by atoms with Crippen LogP contribution < -0.4 is 5.32 Å². The van der Waals surface area contributed by atoms with Crippen molar-refractivity contribution in [2.24, 2.45) is 0 Å². The van der Waals surface area contributed by atoms with Crippen LogP contribution in [0.25, 0.3) is 0 Å². The van der Waals surface area contributed by atoms with Gasteiger partial charge in [-0.3, -0.25) is 9.80 Å². The molecule has 2 aromatic rings. The number of alkyl halides is 3. The van der Waals surface area contributed by atoms with Crippen molar-refractivity contribution in [3.05, 3.63) is 69.0 Å². The second-order valence-corrected chi connectivity index (χ2v) is 11.0. The maximum absolute atomic E-state index is 14.2. The van der Waals surface area contributed by atoms with E-state index in [0.29, 0.717) is 41.8 Å². The normalized spacial score (nSPS) is 20.7. The molecule has 2 unspecified atom stereocenters. The van der Waals surface area contributed by atoms with Crippen molar-refractivity contribution >= 4 is 29.2 Å². The lowest BCUT2D eigenvalue weighted by Gasteiger charge is -2.36. The summed E-state index contributed by atoms with van der Waals surface area (Å²) in [5.74, 6) is -1.42. The number of amides is 2. The van der Waals surface area contributed by atoms with Crippen LogP contribution in [0.3, 0.4) is 0 Å². The monoisotopic (exact) mass is 589 g/mol. The van der Waals surface area contributed by atoms with E-state index >= 15 is 0 Å². The van der Waals surface area contributed by atoms with Crippen LogP contribution in [0.1, 0.15) is 22.6 Å². The molecule has 12 heteroatoms. The molecule has 0 saturated carbocycles. The Morgan fingerprint density at radius 1 is 1.03 bits per heavy atom. The van der Waals surface area contributed by atoms with Gasteiger partial charge in [0, 0.05) is 70.9 Å². The molecule has 2 saturated heterocycles. The smallest absolute Gasteiger partial charge is 0.322 e. The highest BCUT2D eigenvalue weighted by Gasteiger charge is 2.40. The van der Waals surface area contributed by atoms with E-state index in [-0.39, 0.29) is 24.5 Å². The van der Waals surface area contributed by atoms with Crippen LogP contribution in [0.5, 0.6) is 0 Å². The van der Waals surface area contributed by atoms with Gasteiger partial charge in [0.15, 0.2) is 0 Å². The Kier molecular flexibility index (Phi) is 9.65. The number of hydrogen-bond donors (Lipinski definition) is 1. The topological polar surface area (TPSA) is 42.1 Å². The fourth-order valence-electron chi connectivity index (χ4n) is 5.38. The molecule has 1 N–H and O–H groups in total. The van der Waals surface area contributed by atoms with Crippen LogP contribution in [-0.4, -0.2) is 98.1 Å². The first kappa shape index (κ1) is 29.9. The molecule has 39 heavy (non-hydrogen) atoms. The third-order valence-electron chi connectivity index (χ3n) is 7.59. The standard InChI is InChI=1S/C27H33Cl2F4N5O/c1-34-7-8-36-9-11-37(12-10-36)26(39)38-16-20(19-4-6-22(28)23(29)14-19)25(17-38)35(2)15-18-3-5-21(24(30)13-18)27(31,32)33/h3-6,13-14,20,25,34H,7-12,15-17H2,1-2H3. The summed E-state index contributed by atoms with van der Waals surface area (Å²) >= 11 is 12.5. The highest BCUT2D eigenvalue weighted by Crippen LogP contribution is 2.36. The maximum Gasteiger partial charge on any atom is 0.419 e. The van der Waals surface area contributed by atoms with Crippen molar-refractivity contribution in [1.29, 1.82) is 0 Å². The predicted octanol–water partition coefficient (Wildman–Crippen LogP) is 5.01. The van der Waals surface area contributed by atoms with Gasteiger partial charge in [-0.2, -0.15) is 13.2 Å². The SMILES string of the molecule is CNCCN1CCN(C(=O)N2CC(c3ccc(Cl)c(Cl)c3)C(N(C)Cc3ccc(C(F)(F)F)c(F)c3)C2)CC1. The number of carbonyl (C=O) groups is 1. The molecule has 0 bridgehead atoms. The summed E-state index contributed by atoms with van der Waals surface area (Å²) in [6.45, 7) is 5.80. The van der Waals surface area contributed by atoms with Gasteiger partial charge in [0.25, 0.3) is 0 Å². The first-order chi connectivity index (χ1) is 18.5. The van der Waals surface area contributed by atoms with E-state index < -0.39 is 17.6 Å². The lowest BCUT2D eigenvalue weighted by Crippen LogP contribution is -2.53. The van der Waals surface area contributed by atoms with Crippen LogP contribution in [0.4, 0.5) is 22.4 Å². The predicted molar refractivity (Wildman–Crippen MR) is 145 cm³/mol. The van der Waals surface area contributed by atoms with Crippen molar-refractivity contribution < 1.29 is 22.4 Å². The van der Waals surface area contributed by atoms with Crippen LogP contribution in [0, 0.1) is 5.82 Å². The second kappa shape index (κ2) is 12.6. The lowest BCUT2D eigenvalue weighted by molar-refractivity contribution is -0.140. The van der Waals surface area contributed by atoms with E-state index in [1.807, 2.05) is 34.9 Å². The summed E-state index contributed by atoms with van der Waals surface area (Å²) < 4.78 is 53.3. The van der Waals surface area contributed by atoms with Crippen molar-refractivity contribution in [1.82, 2.24) is 24.9 Å². The molecule has 2 aliphatic rings. The zero-order valence-corrected chi connectivity index (χ0v) is 23.5. The van der Waals surface area contributed by atoms with E-state index in [1.54, 1.807) is 12.1 Å². The van der Waals surface area contributed by atoms with E-state index in [1.165, 1.54) is 6.07 Å². The molecule has 2 heterocycles. The summed E-state index contributed by atoms with van der Waals surface area (Å²) in [5, 5.41) is 3.97. The molecule has 2 fully saturated rings. The van der Waals surface area contributed by atoms with Crippen LogP contribution in [-0.2, 0) is 12.7 Å². The van der Waals surface area contributed by atoms with Crippen molar-refractivity contribution in [2.45, 2.75) is 24.7 Å². The molecule has 4 rings (SSSR count). The fraction of sp³-hybridized carbons (Fsp3) is 0.519. The highest BCUT2D eigenvalue weighted by atomic mass is 35.5. The number of rotatable bonds is 7. The van der Waals surface area contributed by atoms with Gasteiger partial charge in [-0.05, 0) is 49.5 Å². The van der Waals surface area contributed by atoms with Gasteiger partial charge in [-0.25, -0.2) is 9.18 Å². The Labute approximate surface area is 236 Å². The number of halogens is 6. The molecule has 2 aromatic carbocycles. The van der Waals surface area contributed by atoms with Crippen LogP contribution in [0.2, 0.25) is 10.0 Å². The zero-order valence-electron chi connectivity index (χ0n) is 21.9. The number of likely N-dealkylation sites (tertiary alicyclic amines) is 1. The van der Waals surface area contributed by atoms with Gasteiger partial charge in [0.05, 0.1) is 15.6 Å². The molecule has 0 radical (unpaired) electrons. The van der Waals surface area contributed by atoms with E-state index in [0.717, 1.165) is 43.9 Å². The molecular formula is C27H33Cl2F4N5O. The lowest BCUT2D eigenvalue weighted by atomic mass is 9.93. The number of urea groups is 1. The second-order valence-electron chi connectivity index (χ2n) is 10.2. The summed E-state index contributed by atoms with van der Waals surface area (Å²) in [6.07, 6.45) is -4.75. The average molecular weight is 590 g/mol. The van der Waals surface area contributed by atoms with Gasteiger partial charge in [-0.1, -0.05) is 35.3 Å². The Balaban J connectivity index is 1.51. The van der Waals surface area contributed by atoms with Crippen LogP contribution in [0.15, 0.2) is 36.4 Å². The van der Waals surface area contributed by atoms with Crippen molar-refractivity contribution in [3.8, 4) is 0 Å². The summed E-state index contributed by atoms with van der Waals surface area (Å²) in [6, 6.07) is 8.18. The third-order valence-corrected chi connectivity index (χ3v) is 8.33. The van der Waals surface area contributed by atoms with Gasteiger partial charge in [0.2, 0.25) is 0 Å². The molecule has 6 nitrogen and oxygen atoms in total. The molecule has 0 aliphatic carbocycles. The fourth-order valence-corrected chi connectivity index (χ4v) is 5.69. The molecule has 2 amide bonds. The maximum atomic E-state index is 14.2. The summed E-state index contributed by atoms with van der Waals surface area (Å²) in [4.78, 5) is 21.5. The number of hydrogen-bond acceptors (Lipinski definition) is 4. The summed E-state index contributed by atoms with van der Waals surface area (Å²) in [5.41, 5.74) is 0.0386. The molecule has 0 aromatic heterocycles. The zero-order chi connectivity index (χ0) is 28.3. The first-order valence-corrected chi connectivity index (χ1v) is 13.6. The minimum absolute atomic E-state index is 0.0372. The van der Waals surface area contributed by atoms with Gasteiger partial charge >= 0.3 is 12.2 Å². The Bertz CT molecular complexity index is 1160. The average Bonchev–Trinajstić information content (AvgIpc) is 3.34. The van der Waals surface area contributed by atoms with Gasteiger partial charge in [-0.15, -0.1) is 0 Å². The third kappa shape index (κ3) is 7.16.